The minimum atomic E-state index is 0.622. The molecule has 1 aromatic heterocycles. The SMILES string of the molecule is Cc1cccc(N(c2ccc(C#N)cc2)c2ccc(/C=C/c3ccc(N(c4ccccc4)c4ccccc4)cc3)c3ccccc23)n1. The average molecular weight is 605 g/mol. The Bertz CT molecular complexity index is 2160. The van der Waals surface area contributed by atoms with Gasteiger partial charge >= 0.3 is 0 Å². The van der Waals surface area contributed by atoms with Crippen LogP contribution in [-0.4, -0.2) is 4.98 Å². The van der Waals surface area contributed by atoms with Crippen molar-refractivity contribution >= 4 is 57.2 Å². The molecule has 0 aliphatic carbocycles. The van der Waals surface area contributed by atoms with Crippen LogP contribution in [0.3, 0.4) is 0 Å². The third-order valence-corrected chi connectivity index (χ3v) is 8.17. The van der Waals surface area contributed by atoms with Gasteiger partial charge in [-0.25, -0.2) is 4.98 Å². The Labute approximate surface area is 275 Å². The monoisotopic (exact) mass is 604 g/mol. The van der Waals surface area contributed by atoms with Gasteiger partial charge < -0.3 is 4.90 Å². The number of hydrogen-bond donors (Lipinski definition) is 0. The molecule has 4 heteroatoms. The molecule has 0 aliphatic heterocycles. The Morgan fingerprint density at radius 2 is 1.09 bits per heavy atom. The van der Waals surface area contributed by atoms with E-state index < -0.39 is 0 Å². The highest BCUT2D eigenvalue weighted by Crippen LogP contribution is 2.40. The first-order chi connectivity index (χ1) is 23.2. The van der Waals surface area contributed by atoms with Crippen LogP contribution < -0.4 is 9.80 Å². The molecule has 224 valence electrons. The van der Waals surface area contributed by atoms with Gasteiger partial charge in [0, 0.05) is 33.8 Å². The summed E-state index contributed by atoms with van der Waals surface area (Å²) in [5, 5.41) is 11.6. The lowest BCUT2D eigenvalue weighted by Gasteiger charge is -2.26. The summed E-state index contributed by atoms with van der Waals surface area (Å²) in [5.41, 5.74) is 9.09. The van der Waals surface area contributed by atoms with Crippen LogP contribution in [0.4, 0.5) is 34.3 Å². The zero-order valence-corrected chi connectivity index (χ0v) is 26.0. The summed E-state index contributed by atoms with van der Waals surface area (Å²) >= 11 is 0. The second kappa shape index (κ2) is 13.3. The number of nitriles is 1. The predicted molar refractivity (Wildman–Crippen MR) is 196 cm³/mol. The molecule has 0 amide bonds. The molecule has 0 atom stereocenters. The predicted octanol–water partition coefficient (Wildman–Crippen LogP) is 11.5. The van der Waals surface area contributed by atoms with E-state index in [1.807, 2.05) is 61.5 Å². The van der Waals surface area contributed by atoms with Gasteiger partial charge in [0.1, 0.15) is 5.82 Å². The Hall–Kier alpha value is -6.44. The quantitative estimate of drug-likeness (QED) is 0.162. The highest BCUT2D eigenvalue weighted by atomic mass is 15.2. The molecule has 4 nitrogen and oxygen atoms in total. The lowest BCUT2D eigenvalue weighted by Crippen LogP contribution is -2.12. The van der Waals surface area contributed by atoms with E-state index in [0.717, 1.165) is 61.8 Å². The van der Waals surface area contributed by atoms with Gasteiger partial charge in [-0.2, -0.15) is 5.26 Å². The fraction of sp³-hybridized carbons (Fsp3) is 0.0233. The number of aromatic nitrogens is 1. The third kappa shape index (κ3) is 6.24. The van der Waals surface area contributed by atoms with E-state index >= 15 is 0 Å². The van der Waals surface area contributed by atoms with E-state index in [2.05, 4.69) is 137 Å². The van der Waals surface area contributed by atoms with Crippen molar-refractivity contribution in [3.63, 3.8) is 0 Å². The number of rotatable bonds is 8. The molecule has 0 unspecified atom stereocenters. The van der Waals surface area contributed by atoms with Crippen LogP contribution in [0, 0.1) is 18.3 Å². The van der Waals surface area contributed by atoms with Gasteiger partial charge in [-0.3, -0.25) is 4.90 Å². The van der Waals surface area contributed by atoms with Crippen LogP contribution in [-0.2, 0) is 0 Å². The second-order valence-electron chi connectivity index (χ2n) is 11.3. The fourth-order valence-electron chi connectivity index (χ4n) is 5.90. The lowest BCUT2D eigenvalue weighted by atomic mass is 10.0. The van der Waals surface area contributed by atoms with Crippen molar-refractivity contribution in [2.45, 2.75) is 6.92 Å². The highest BCUT2D eigenvalue weighted by molar-refractivity contribution is 6.03. The first-order valence-corrected chi connectivity index (χ1v) is 15.6. The zero-order valence-electron chi connectivity index (χ0n) is 26.0. The topological polar surface area (TPSA) is 43.2 Å². The number of nitrogens with zero attached hydrogens (tertiary/aromatic N) is 4. The molecule has 6 aromatic carbocycles. The molecule has 1 heterocycles. The minimum absolute atomic E-state index is 0.622. The number of fused-ring (bicyclic) bond motifs is 1. The number of benzene rings is 6. The average Bonchev–Trinajstić information content (AvgIpc) is 3.13. The molecular weight excluding hydrogens is 573 g/mol. The van der Waals surface area contributed by atoms with Crippen LogP contribution in [0.1, 0.15) is 22.4 Å². The van der Waals surface area contributed by atoms with Crippen LogP contribution >= 0.6 is 0 Å². The van der Waals surface area contributed by atoms with Crippen molar-refractivity contribution in [3.05, 3.63) is 186 Å². The summed E-state index contributed by atoms with van der Waals surface area (Å²) in [4.78, 5) is 9.30. The summed E-state index contributed by atoms with van der Waals surface area (Å²) in [6.07, 6.45) is 4.35. The summed E-state index contributed by atoms with van der Waals surface area (Å²) in [7, 11) is 0. The molecule has 0 saturated carbocycles. The maximum atomic E-state index is 9.39. The van der Waals surface area contributed by atoms with Gasteiger partial charge in [-0.15, -0.1) is 0 Å². The molecule has 0 saturated heterocycles. The van der Waals surface area contributed by atoms with Crippen LogP contribution in [0.15, 0.2) is 164 Å². The Morgan fingerprint density at radius 1 is 0.511 bits per heavy atom. The Morgan fingerprint density at radius 3 is 1.72 bits per heavy atom. The molecule has 0 fully saturated rings. The second-order valence-corrected chi connectivity index (χ2v) is 11.3. The van der Waals surface area contributed by atoms with Gasteiger partial charge in [0.05, 0.1) is 17.3 Å². The maximum Gasteiger partial charge on any atom is 0.137 e. The molecule has 0 spiro atoms. The zero-order chi connectivity index (χ0) is 32.0. The standard InChI is InChI=1S/C43H32N4/c1-32-11-10-18-43(45-32)47(39-28-22-34(31-44)23-29-39)42-30-25-35(40-16-8-9-17-41(40)42)24-19-33-20-26-38(27-21-33)46(36-12-4-2-5-13-36)37-14-6-3-7-15-37/h2-30H,1H3/b24-19+. The molecule has 0 aliphatic rings. The van der Waals surface area contributed by atoms with Gasteiger partial charge in [0.25, 0.3) is 0 Å². The van der Waals surface area contributed by atoms with Crippen molar-refractivity contribution in [3.8, 4) is 6.07 Å². The maximum absolute atomic E-state index is 9.39. The minimum Gasteiger partial charge on any atom is -0.311 e. The van der Waals surface area contributed by atoms with Crippen molar-refractivity contribution in [2.24, 2.45) is 0 Å². The molecular formula is C43H32N4. The molecule has 47 heavy (non-hydrogen) atoms. The number of hydrogen-bond acceptors (Lipinski definition) is 4. The number of aryl methyl sites for hydroxylation is 1. The van der Waals surface area contributed by atoms with Gasteiger partial charge in [0.15, 0.2) is 0 Å². The van der Waals surface area contributed by atoms with Gasteiger partial charge in [-0.1, -0.05) is 97.1 Å². The first kappa shape index (κ1) is 29.3. The van der Waals surface area contributed by atoms with E-state index in [4.69, 9.17) is 4.98 Å². The molecule has 0 radical (unpaired) electrons. The van der Waals surface area contributed by atoms with Gasteiger partial charge in [-0.05, 0) is 102 Å². The molecule has 0 N–H and O–H groups in total. The summed E-state index contributed by atoms with van der Waals surface area (Å²) in [6.45, 7) is 2.00. The largest absolute Gasteiger partial charge is 0.311 e. The number of pyridine rings is 1. The number of para-hydroxylation sites is 2. The van der Waals surface area contributed by atoms with Crippen molar-refractivity contribution in [1.82, 2.24) is 4.98 Å². The van der Waals surface area contributed by atoms with Crippen molar-refractivity contribution < 1.29 is 0 Å². The van der Waals surface area contributed by atoms with Crippen molar-refractivity contribution in [1.29, 1.82) is 5.26 Å². The smallest absolute Gasteiger partial charge is 0.137 e. The van der Waals surface area contributed by atoms with Crippen LogP contribution in [0.5, 0.6) is 0 Å². The highest BCUT2D eigenvalue weighted by Gasteiger charge is 2.18. The summed E-state index contributed by atoms with van der Waals surface area (Å²) in [6, 6.07) is 58.3. The Balaban J connectivity index is 1.24. The molecule has 7 rings (SSSR count). The number of anilines is 6. The lowest BCUT2D eigenvalue weighted by molar-refractivity contribution is 1.13. The molecule has 7 aromatic rings. The molecule has 0 bridgehead atoms. The fourth-order valence-corrected chi connectivity index (χ4v) is 5.90. The van der Waals surface area contributed by atoms with Crippen LogP contribution in [0.25, 0.3) is 22.9 Å². The summed E-state index contributed by atoms with van der Waals surface area (Å²) in [5.74, 6) is 0.822. The van der Waals surface area contributed by atoms with E-state index in [1.165, 1.54) is 0 Å². The van der Waals surface area contributed by atoms with Crippen LogP contribution in [0.2, 0.25) is 0 Å². The first-order valence-electron chi connectivity index (χ1n) is 15.6. The normalized spacial score (nSPS) is 11.0. The van der Waals surface area contributed by atoms with Gasteiger partial charge in [0.2, 0.25) is 0 Å². The van der Waals surface area contributed by atoms with E-state index in [1.54, 1.807) is 0 Å². The summed E-state index contributed by atoms with van der Waals surface area (Å²) < 4.78 is 0. The van der Waals surface area contributed by atoms with Crippen molar-refractivity contribution in [2.75, 3.05) is 9.80 Å². The Kier molecular flexibility index (Phi) is 8.27. The third-order valence-electron chi connectivity index (χ3n) is 8.17. The van der Waals surface area contributed by atoms with E-state index in [0.29, 0.717) is 5.56 Å². The van der Waals surface area contributed by atoms with E-state index in [9.17, 15) is 5.26 Å². The van der Waals surface area contributed by atoms with E-state index in [-0.39, 0.29) is 0 Å².